The molecular weight excluding hydrogens is 300 g/mol. The maximum atomic E-state index is 11.9. The van der Waals surface area contributed by atoms with Gasteiger partial charge in [0.1, 0.15) is 0 Å². The van der Waals surface area contributed by atoms with Gasteiger partial charge in [0, 0.05) is 31.6 Å². The average Bonchev–Trinajstić information content (AvgIpc) is 3.42. The van der Waals surface area contributed by atoms with Crippen molar-refractivity contribution in [2.24, 2.45) is 5.92 Å². The maximum absolute atomic E-state index is 11.9. The molecule has 126 valence electrons. The van der Waals surface area contributed by atoms with Crippen molar-refractivity contribution in [2.45, 2.75) is 45.2 Å². The summed E-state index contributed by atoms with van der Waals surface area (Å²) in [6.45, 7) is 4.89. The monoisotopic (exact) mass is 324 g/mol. The van der Waals surface area contributed by atoms with Crippen molar-refractivity contribution >= 4 is 16.9 Å². The van der Waals surface area contributed by atoms with E-state index in [1.807, 2.05) is 31.2 Å². The van der Waals surface area contributed by atoms with Crippen molar-refractivity contribution in [1.82, 2.24) is 20.2 Å². The van der Waals surface area contributed by atoms with Crippen molar-refractivity contribution in [3.8, 4) is 0 Å². The highest BCUT2D eigenvalue weighted by molar-refractivity contribution is 5.81. The van der Waals surface area contributed by atoms with Crippen LogP contribution in [0, 0.1) is 12.8 Å². The summed E-state index contributed by atoms with van der Waals surface area (Å²) in [6.07, 6.45) is 4.20. The Hall–Kier alpha value is -2.01. The number of para-hydroxylation sites is 2. The number of benzene rings is 1. The van der Waals surface area contributed by atoms with Crippen LogP contribution in [0.5, 0.6) is 0 Å². The predicted molar refractivity (Wildman–Crippen MR) is 93.4 cm³/mol. The number of piperidine rings is 1. The van der Waals surface area contributed by atoms with Crippen molar-refractivity contribution in [2.75, 3.05) is 13.1 Å². The van der Waals surface area contributed by atoms with Crippen molar-refractivity contribution in [3.05, 3.63) is 35.7 Å². The van der Waals surface area contributed by atoms with Crippen LogP contribution in [0.25, 0.3) is 11.0 Å². The molecular formula is C19H24N4O. The molecule has 2 fully saturated rings. The molecule has 0 spiro atoms. The first-order valence-corrected chi connectivity index (χ1v) is 8.94. The summed E-state index contributed by atoms with van der Waals surface area (Å²) in [5.41, 5.74) is 4.00. The molecule has 1 amide bonds. The smallest absolute Gasteiger partial charge is 0.223 e. The zero-order valence-electron chi connectivity index (χ0n) is 14.2. The SMILES string of the molecule is Cc1nc2ccccc2nc1CN1CCC(NC(=O)C2CC2)CC1. The molecule has 2 aliphatic rings. The number of hydrogen-bond donors (Lipinski definition) is 1. The number of amides is 1. The summed E-state index contributed by atoms with van der Waals surface area (Å²) in [5.74, 6) is 0.572. The minimum atomic E-state index is 0.268. The van der Waals surface area contributed by atoms with E-state index in [0.717, 1.165) is 67.7 Å². The number of carbonyl (C=O) groups excluding carboxylic acids is 1. The van der Waals surface area contributed by atoms with Gasteiger partial charge < -0.3 is 5.32 Å². The molecule has 5 nitrogen and oxygen atoms in total. The van der Waals surface area contributed by atoms with Crippen LogP contribution in [0.2, 0.25) is 0 Å². The molecule has 1 saturated heterocycles. The van der Waals surface area contributed by atoms with Gasteiger partial charge >= 0.3 is 0 Å². The Kier molecular flexibility index (Phi) is 4.19. The summed E-state index contributed by atoms with van der Waals surface area (Å²) in [7, 11) is 0. The topological polar surface area (TPSA) is 58.1 Å². The lowest BCUT2D eigenvalue weighted by Crippen LogP contribution is -2.44. The largest absolute Gasteiger partial charge is 0.353 e. The van der Waals surface area contributed by atoms with Crippen molar-refractivity contribution < 1.29 is 4.79 Å². The summed E-state index contributed by atoms with van der Waals surface area (Å²) < 4.78 is 0. The number of aryl methyl sites for hydroxylation is 1. The number of nitrogens with one attached hydrogen (secondary N) is 1. The predicted octanol–water partition coefficient (Wildman–Crippen LogP) is 2.43. The second-order valence-corrected chi connectivity index (χ2v) is 7.08. The van der Waals surface area contributed by atoms with Gasteiger partial charge in [0.15, 0.2) is 0 Å². The van der Waals surface area contributed by atoms with Gasteiger partial charge in [-0.05, 0) is 44.7 Å². The molecule has 1 N–H and O–H groups in total. The van der Waals surface area contributed by atoms with E-state index in [1.54, 1.807) is 0 Å². The van der Waals surface area contributed by atoms with Gasteiger partial charge in [-0.15, -0.1) is 0 Å². The van der Waals surface area contributed by atoms with E-state index in [1.165, 1.54) is 0 Å². The Labute approximate surface area is 142 Å². The Morgan fingerprint density at radius 3 is 2.46 bits per heavy atom. The van der Waals surface area contributed by atoms with Crippen LogP contribution in [0.1, 0.15) is 37.1 Å². The molecule has 1 saturated carbocycles. The van der Waals surface area contributed by atoms with Crippen LogP contribution in [-0.4, -0.2) is 39.9 Å². The molecule has 0 atom stereocenters. The Bertz CT molecular complexity index is 748. The van der Waals surface area contributed by atoms with Crippen LogP contribution < -0.4 is 5.32 Å². The number of nitrogens with zero attached hydrogens (tertiary/aromatic N) is 3. The van der Waals surface area contributed by atoms with Crippen LogP contribution in [-0.2, 0) is 11.3 Å². The molecule has 0 unspecified atom stereocenters. The average molecular weight is 324 g/mol. The van der Waals surface area contributed by atoms with E-state index in [9.17, 15) is 4.79 Å². The second-order valence-electron chi connectivity index (χ2n) is 7.08. The van der Waals surface area contributed by atoms with Gasteiger partial charge in [0.25, 0.3) is 0 Å². The van der Waals surface area contributed by atoms with Gasteiger partial charge in [0.05, 0.1) is 22.4 Å². The number of likely N-dealkylation sites (tertiary alicyclic amines) is 1. The number of carbonyl (C=O) groups is 1. The van der Waals surface area contributed by atoms with Gasteiger partial charge in [-0.25, -0.2) is 9.97 Å². The number of rotatable bonds is 4. The Balaban J connectivity index is 1.36. The molecule has 1 aliphatic carbocycles. The van der Waals surface area contributed by atoms with E-state index in [4.69, 9.17) is 4.98 Å². The maximum Gasteiger partial charge on any atom is 0.223 e. The van der Waals surface area contributed by atoms with Gasteiger partial charge in [0.2, 0.25) is 5.91 Å². The van der Waals surface area contributed by atoms with E-state index in [0.29, 0.717) is 12.0 Å². The quantitative estimate of drug-likeness (QED) is 0.938. The fraction of sp³-hybridized carbons (Fsp3) is 0.526. The first-order valence-electron chi connectivity index (χ1n) is 8.94. The molecule has 1 aromatic heterocycles. The van der Waals surface area contributed by atoms with E-state index in [2.05, 4.69) is 15.2 Å². The zero-order chi connectivity index (χ0) is 16.5. The van der Waals surface area contributed by atoms with E-state index >= 15 is 0 Å². The minimum absolute atomic E-state index is 0.268. The lowest BCUT2D eigenvalue weighted by Gasteiger charge is -2.32. The molecule has 0 radical (unpaired) electrons. The fourth-order valence-electron chi connectivity index (χ4n) is 3.39. The molecule has 1 aliphatic heterocycles. The summed E-state index contributed by atoms with van der Waals surface area (Å²) >= 11 is 0. The third-order valence-electron chi connectivity index (χ3n) is 5.10. The molecule has 2 aromatic rings. The standard InChI is InChI=1S/C19H24N4O/c1-13-18(22-17-5-3-2-4-16(17)20-13)12-23-10-8-15(9-11-23)21-19(24)14-6-7-14/h2-5,14-15H,6-12H2,1H3,(H,21,24). The number of fused-ring (bicyclic) bond motifs is 1. The van der Waals surface area contributed by atoms with Crippen LogP contribution >= 0.6 is 0 Å². The lowest BCUT2D eigenvalue weighted by molar-refractivity contribution is -0.123. The highest BCUT2D eigenvalue weighted by Crippen LogP contribution is 2.29. The highest BCUT2D eigenvalue weighted by Gasteiger charge is 2.31. The number of hydrogen-bond acceptors (Lipinski definition) is 4. The van der Waals surface area contributed by atoms with Crippen molar-refractivity contribution in [1.29, 1.82) is 0 Å². The lowest BCUT2D eigenvalue weighted by atomic mass is 10.0. The van der Waals surface area contributed by atoms with Crippen LogP contribution in [0.15, 0.2) is 24.3 Å². The zero-order valence-corrected chi connectivity index (χ0v) is 14.2. The molecule has 1 aromatic carbocycles. The van der Waals surface area contributed by atoms with Crippen molar-refractivity contribution in [3.63, 3.8) is 0 Å². The first-order chi connectivity index (χ1) is 11.7. The Morgan fingerprint density at radius 2 is 1.79 bits per heavy atom. The van der Waals surface area contributed by atoms with Crippen LogP contribution in [0.3, 0.4) is 0 Å². The summed E-state index contributed by atoms with van der Waals surface area (Å²) in [4.78, 5) is 23.8. The summed E-state index contributed by atoms with van der Waals surface area (Å²) in [6, 6.07) is 8.37. The molecule has 2 heterocycles. The molecule has 4 rings (SSSR count). The third kappa shape index (κ3) is 3.41. The highest BCUT2D eigenvalue weighted by atomic mass is 16.2. The number of aromatic nitrogens is 2. The van der Waals surface area contributed by atoms with Gasteiger partial charge in [-0.1, -0.05) is 12.1 Å². The molecule has 0 bridgehead atoms. The first kappa shape index (κ1) is 15.5. The van der Waals surface area contributed by atoms with E-state index < -0.39 is 0 Å². The van der Waals surface area contributed by atoms with Gasteiger partial charge in [-0.3, -0.25) is 9.69 Å². The minimum Gasteiger partial charge on any atom is -0.353 e. The van der Waals surface area contributed by atoms with Gasteiger partial charge in [-0.2, -0.15) is 0 Å². The van der Waals surface area contributed by atoms with E-state index in [-0.39, 0.29) is 5.91 Å². The van der Waals surface area contributed by atoms with Crippen LogP contribution in [0.4, 0.5) is 0 Å². The summed E-state index contributed by atoms with van der Waals surface area (Å²) in [5, 5.41) is 3.21. The fourth-order valence-corrected chi connectivity index (χ4v) is 3.39. The third-order valence-corrected chi connectivity index (χ3v) is 5.10. The normalized spacial score (nSPS) is 19.5. The molecule has 24 heavy (non-hydrogen) atoms. The Morgan fingerprint density at radius 1 is 1.12 bits per heavy atom. The molecule has 5 heteroatoms. The second kappa shape index (κ2) is 6.48.